The van der Waals surface area contributed by atoms with E-state index in [1.165, 1.54) is 60.7 Å². The van der Waals surface area contributed by atoms with Crippen molar-refractivity contribution < 1.29 is 26.4 Å². The van der Waals surface area contributed by atoms with Gasteiger partial charge in [0.25, 0.3) is 10.0 Å². The van der Waals surface area contributed by atoms with Gasteiger partial charge in [0, 0.05) is 6.07 Å². The molecule has 0 radical (unpaired) electrons. The molecule has 6 nitrogen and oxygen atoms in total. The van der Waals surface area contributed by atoms with Gasteiger partial charge in [-0.2, -0.15) is 0 Å². The van der Waals surface area contributed by atoms with E-state index in [1.807, 2.05) is 0 Å². The van der Waals surface area contributed by atoms with Crippen molar-refractivity contribution in [3.05, 3.63) is 108 Å². The number of nitrogens with zero attached hydrogens (tertiary/aromatic N) is 1. The van der Waals surface area contributed by atoms with Gasteiger partial charge in [0.2, 0.25) is 5.88 Å². The van der Waals surface area contributed by atoms with Crippen LogP contribution in [0, 0.1) is 11.6 Å². The Bertz CT molecular complexity index is 1280. The predicted molar refractivity (Wildman–Crippen MR) is 109 cm³/mol. The van der Waals surface area contributed by atoms with Crippen LogP contribution in [0.4, 0.5) is 14.7 Å². The van der Waals surface area contributed by atoms with Crippen LogP contribution in [0.25, 0.3) is 0 Å². The Morgan fingerprint density at radius 1 is 0.903 bits per heavy atom. The van der Waals surface area contributed by atoms with Gasteiger partial charge >= 0.3 is 0 Å². The van der Waals surface area contributed by atoms with Gasteiger partial charge in [-0.15, -0.1) is 0 Å². The molecule has 1 atom stereocenters. The monoisotopic (exact) mass is 442 g/mol. The molecule has 0 saturated carbocycles. The van der Waals surface area contributed by atoms with E-state index in [0.29, 0.717) is 5.56 Å². The van der Waals surface area contributed by atoms with Crippen LogP contribution in [0.15, 0.2) is 94.6 Å². The fraction of sp³-hybridized carbons (Fsp3) is 0.0455. The van der Waals surface area contributed by atoms with E-state index in [1.54, 1.807) is 18.2 Å². The smallest absolute Gasteiger partial charge is 0.264 e. The number of sulfonamides is 1. The minimum Gasteiger partial charge on any atom is -0.479 e. The summed E-state index contributed by atoms with van der Waals surface area (Å²) in [7, 11) is -3.97. The highest BCUT2D eigenvalue weighted by atomic mass is 32.2. The lowest BCUT2D eigenvalue weighted by Gasteiger charge is -2.19. The highest BCUT2D eigenvalue weighted by Crippen LogP contribution is 2.33. The fourth-order valence-corrected chi connectivity index (χ4v) is 3.92. The molecule has 0 fully saturated rings. The fourth-order valence-electron chi connectivity index (χ4n) is 2.89. The van der Waals surface area contributed by atoms with Gasteiger partial charge in [-0.25, -0.2) is 26.9 Å². The lowest BCUT2D eigenvalue weighted by molar-refractivity contribution is 0.242. The highest BCUT2D eigenvalue weighted by molar-refractivity contribution is 7.92. The number of rotatable bonds is 7. The first-order valence-electron chi connectivity index (χ1n) is 9.11. The third kappa shape index (κ3) is 4.72. The summed E-state index contributed by atoms with van der Waals surface area (Å²) in [5.41, 5.74) is 0.551. The number of oxazole rings is 1. The van der Waals surface area contributed by atoms with Crippen molar-refractivity contribution in [1.29, 1.82) is 0 Å². The zero-order valence-corrected chi connectivity index (χ0v) is 16.7. The molecule has 9 heteroatoms. The van der Waals surface area contributed by atoms with Crippen molar-refractivity contribution in [2.75, 3.05) is 4.72 Å². The molecule has 0 bridgehead atoms. The second-order valence-corrected chi connectivity index (χ2v) is 8.17. The number of anilines is 1. The van der Waals surface area contributed by atoms with Crippen molar-refractivity contribution in [1.82, 2.24) is 4.98 Å². The van der Waals surface area contributed by atoms with Gasteiger partial charge in [-0.3, -0.25) is 0 Å². The number of nitrogens with one attached hydrogen (secondary N) is 1. The van der Waals surface area contributed by atoms with Crippen LogP contribution >= 0.6 is 0 Å². The summed E-state index contributed by atoms with van der Waals surface area (Å²) in [6.45, 7) is 0. The minimum absolute atomic E-state index is 0.0294. The Morgan fingerprint density at radius 2 is 1.65 bits per heavy atom. The van der Waals surface area contributed by atoms with Gasteiger partial charge in [-0.1, -0.05) is 36.4 Å². The normalized spacial score (nSPS) is 12.3. The Hall–Kier alpha value is -3.72. The van der Waals surface area contributed by atoms with Crippen LogP contribution in [-0.2, 0) is 10.0 Å². The predicted octanol–water partition coefficient (Wildman–Crippen LogP) is 4.92. The van der Waals surface area contributed by atoms with Gasteiger partial charge in [0.05, 0.1) is 4.90 Å². The van der Waals surface area contributed by atoms with Crippen molar-refractivity contribution in [2.45, 2.75) is 11.0 Å². The summed E-state index contributed by atoms with van der Waals surface area (Å²) in [5, 5.41) is 0. The number of aromatic nitrogens is 1. The van der Waals surface area contributed by atoms with Crippen molar-refractivity contribution in [2.24, 2.45) is 0 Å². The van der Waals surface area contributed by atoms with E-state index in [2.05, 4.69) is 9.71 Å². The van der Waals surface area contributed by atoms with Gasteiger partial charge in [-0.05, 0) is 42.0 Å². The minimum atomic E-state index is -3.97. The molecule has 4 rings (SSSR count). The molecule has 0 spiro atoms. The molecular weight excluding hydrogens is 426 g/mol. The Morgan fingerprint density at radius 3 is 2.35 bits per heavy atom. The zero-order valence-electron chi connectivity index (χ0n) is 15.9. The lowest BCUT2D eigenvalue weighted by atomic mass is 10.1. The average Bonchev–Trinajstić information content (AvgIpc) is 3.20. The second-order valence-electron chi connectivity index (χ2n) is 6.49. The van der Waals surface area contributed by atoms with E-state index in [-0.39, 0.29) is 22.2 Å². The second kappa shape index (κ2) is 8.57. The summed E-state index contributed by atoms with van der Waals surface area (Å²) < 4.78 is 66.1. The highest BCUT2D eigenvalue weighted by Gasteiger charge is 2.27. The van der Waals surface area contributed by atoms with Crippen LogP contribution in [0.1, 0.15) is 17.4 Å². The molecule has 31 heavy (non-hydrogen) atoms. The first-order chi connectivity index (χ1) is 14.9. The molecule has 3 aromatic carbocycles. The molecule has 0 aliphatic heterocycles. The largest absolute Gasteiger partial charge is 0.479 e. The Balaban J connectivity index is 1.73. The third-order valence-corrected chi connectivity index (χ3v) is 5.69. The third-order valence-electron chi connectivity index (χ3n) is 4.35. The molecule has 0 amide bonds. The maximum atomic E-state index is 13.6. The average molecular weight is 442 g/mol. The first kappa shape index (κ1) is 20.5. The summed E-state index contributed by atoms with van der Waals surface area (Å²) >= 11 is 0. The van der Waals surface area contributed by atoms with E-state index in [0.717, 1.165) is 6.39 Å². The molecule has 4 aromatic rings. The van der Waals surface area contributed by atoms with E-state index in [4.69, 9.17) is 9.15 Å². The molecule has 0 saturated heterocycles. The summed E-state index contributed by atoms with van der Waals surface area (Å²) in [5.74, 6) is -0.970. The Labute approximate surface area is 177 Å². The maximum absolute atomic E-state index is 13.6. The molecule has 1 unspecified atom stereocenters. The number of halogens is 2. The van der Waals surface area contributed by atoms with Crippen molar-refractivity contribution >= 4 is 15.9 Å². The van der Waals surface area contributed by atoms with Gasteiger partial charge < -0.3 is 9.15 Å². The molecule has 1 heterocycles. The van der Waals surface area contributed by atoms with E-state index >= 15 is 0 Å². The van der Waals surface area contributed by atoms with Crippen molar-refractivity contribution in [3.63, 3.8) is 0 Å². The number of ether oxygens (including phenoxy) is 1. The van der Waals surface area contributed by atoms with Crippen molar-refractivity contribution in [3.8, 4) is 5.75 Å². The lowest BCUT2D eigenvalue weighted by Crippen LogP contribution is -2.17. The van der Waals surface area contributed by atoms with Gasteiger partial charge in [0.15, 0.2) is 12.5 Å². The SMILES string of the molecule is O=S(=O)(Nc1ocnc1C(Oc1cccc(F)c1)c1ccc(F)cc1)c1ccccc1. The summed E-state index contributed by atoms with van der Waals surface area (Å²) in [4.78, 5) is 4.14. The van der Waals surface area contributed by atoms with Crippen LogP contribution in [-0.4, -0.2) is 13.4 Å². The van der Waals surface area contributed by atoms with E-state index < -0.39 is 27.8 Å². The quantitative estimate of drug-likeness (QED) is 0.439. The summed E-state index contributed by atoms with van der Waals surface area (Å²) in [6, 6.07) is 18.5. The number of benzene rings is 3. The van der Waals surface area contributed by atoms with Crippen LogP contribution in [0.2, 0.25) is 0 Å². The maximum Gasteiger partial charge on any atom is 0.264 e. The standard InChI is InChI=1S/C22H16F2N2O4S/c23-16-11-9-15(10-12-16)21(30-18-6-4-5-17(24)13-18)20-22(29-14-25-20)26-31(27,28)19-7-2-1-3-8-19/h1-14,21,26H. The zero-order chi connectivity index (χ0) is 21.8. The molecule has 0 aliphatic rings. The molecule has 158 valence electrons. The van der Waals surface area contributed by atoms with Crippen LogP contribution in [0.3, 0.4) is 0 Å². The van der Waals surface area contributed by atoms with Crippen LogP contribution < -0.4 is 9.46 Å². The topological polar surface area (TPSA) is 81.4 Å². The summed E-state index contributed by atoms with van der Waals surface area (Å²) in [6.07, 6.45) is 0.0542. The number of hydrogen-bond donors (Lipinski definition) is 1. The molecular formula is C22H16F2N2O4S. The van der Waals surface area contributed by atoms with Crippen LogP contribution in [0.5, 0.6) is 5.75 Å². The molecule has 1 aromatic heterocycles. The van der Waals surface area contributed by atoms with Gasteiger partial charge in [0.1, 0.15) is 23.1 Å². The molecule has 1 N–H and O–H groups in total. The van der Waals surface area contributed by atoms with E-state index in [9.17, 15) is 17.2 Å². The first-order valence-corrected chi connectivity index (χ1v) is 10.6. The number of hydrogen-bond acceptors (Lipinski definition) is 5. The molecule has 0 aliphatic carbocycles. The Kier molecular flexibility index (Phi) is 5.68.